The monoisotopic (exact) mass is 350 g/mol. The van der Waals surface area contributed by atoms with Crippen LogP contribution in [0.2, 0.25) is 0 Å². The molecule has 5 nitrogen and oxygen atoms in total. The lowest BCUT2D eigenvalue weighted by Crippen LogP contribution is -2.32. The Labute approximate surface area is 145 Å². The standard InChI is InChI=1S/C18H26N2O3S/c1-5-12-19-24(22,23)17-11-7-10-16(13-17)18(21)20-15(4)9-6-8-14(2)3/h1,7,10-11,13-15,19H,6,8-9,12H2,2-4H3,(H,20,21). The van der Waals surface area contributed by atoms with Gasteiger partial charge in [-0.3, -0.25) is 4.79 Å². The number of rotatable bonds is 9. The quantitative estimate of drug-likeness (QED) is 0.672. The fourth-order valence-corrected chi connectivity index (χ4v) is 3.22. The largest absolute Gasteiger partial charge is 0.350 e. The maximum Gasteiger partial charge on any atom is 0.251 e. The van der Waals surface area contributed by atoms with Crippen molar-refractivity contribution in [1.29, 1.82) is 0 Å². The van der Waals surface area contributed by atoms with Crippen LogP contribution in [0.4, 0.5) is 0 Å². The lowest BCUT2D eigenvalue weighted by atomic mass is 10.0. The molecule has 1 aromatic carbocycles. The SMILES string of the molecule is C#CCNS(=O)(=O)c1cccc(C(=O)NC(C)CCCC(C)C)c1. The topological polar surface area (TPSA) is 75.3 Å². The van der Waals surface area contributed by atoms with E-state index in [-0.39, 0.29) is 23.4 Å². The van der Waals surface area contributed by atoms with Gasteiger partial charge in [0.2, 0.25) is 10.0 Å². The Morgan fingerprint density at radius 1 is 1.25 bits per heavy atom. The third-order valence-corrected chi connectivity index (χ3v) is 4.97. The minimum absolute atomic E-state index is 0.0258. The van der Waals surface area contributed by atoms with Crippen LogP contribution in [0.15, 0.2) is 29.2 Å². The molecule has 1 aromatic rings. The Hall–Kier alpha value is -1.84. The summed E-state index contributed by atoms with van der Waals surface area (Å²) in [5.74, 6) is 2.58. The van der Waals surface area contributed by atoms with Crippen molar-refractivity contribution in [2.24, 2.45) is 5.92 Å². The Morgan fingerprint density at radius 2 is 1.96 bits per heavy atom. The third kappa shape index (κ3) is 6.73. The molecule has 0 radical (unpaired) electrons. The molecule has 0 aromatic heterocycles. The lowest BCUT2D eigenvalue weighted by Gasteiger charge is -2.15. The number of amides is 1. The van der Waals surface area contributed by atoms with Crippen LogP contribution < -0.4 is 10.0 Å². The number of carbonyl (C=O) groups excluding carboxylic acids is 1. The zero-order valence-electron chi connectivity index (χ0n) is 14.5. The molecule has 132 valence electrons. The van der Waals surface area contributed by atoms with E-state index in [1.54, 1.807) is 12.1 Å². The van der Waals surface area contributed by atoms with E-state index in [1.165, 1.54) is 12.1 Å². The zero-order valence-corrected chi connectivity index (χ0v) is 15.3. The van der Waals surface area contributed by atoms with Gasteiger partial charge in [-0.1, -0.05) is 38.7 Å². The van der Waals surface area contributed by atoms with Crippen molar-refractivity contribution in [3.8, 4) is 12.3 Å². The Bertz CT molecular complexity index is 690. The molecule has 1 unspecified atom stereocenters. The van der Waals surface area contributed by atoms with Gasteiger partial charge in [-0.2, -0.15) is 4.72 Å². The second-order valence-electron chi connectivity index (χ2n) is 6.26. The van der Waals surface area contributed by atoms with Gasteiger partial charge in [0.25, 0.3) is 5.91 Å². The number of benzene rings is 1. The summed E-state index contributed by atoms with van der Waals surface area (Å²) in [6.45, 7) is 6.20. The van der Waals surface area contributed by atoms with Gasteiger partial charge in [-0.15, -0.1) is 6.42 Å². The molecule has 1 atom stereocenters. The molecule has 6 heteroatoms. The number of hydrogen-bond donors (Lipinski definition) is 2. The molecule has 0 aliphatic rings. The Balaban J connectivity index is 2.72. The first-order valence-corrected chi connectivity index (χ1v) is 9.58. The molecule has 0 bridgehead atoms. The van der Waals surface area contributed by atoms with Gasteiger partial charge < -0.3 is 5.32 Å². The summed E-state index contributed by atoms with van der Waals surface area (Å²) >= 11 is 0. The summed E-state index contributed by atoms with van der Waals surface area (Å²) in [6.07, 6.45) is 8.12. The molecule has 1 amide bonds. The summed E-state index contributed by atoms with van der Waals surface area (Å²) in [7, 11) is -3.70. The fraction of sp³-hybridized carbons (Fsp3) is 0.500. The van der Waals surface area contributed by atoms with E-state index >= 15 is 0 Å². The second kappa shape index (κ2) is 9.45. The fourth-order valence-electron chi connectivity index (χ4n) is 2.24. The average molecular weight is 350 g/mol. The summed E-state index contributed by atoms with van der Waals surface area (Å²) in [6, 6.07) is 5.96. The highest BCUT2D eigenvalue weighted by atomic mass is 32.2. The van der Waals surface area contributed by atoms with Gasteiger partial charge in [0.05, 0.1) is 11.4 Å². The van der Waals surface area contributed by atoms with Crippen LogP contribution in [0.3, 0.4) is 0 Å². The predicted octanol–water partition coefficient (Wildman–Crippen LogP) is 2.54. The van der Waals surface area contributed by atoms with Crippen LogP contribution in [-0.2, 0) is 10.0 Å². The first kappa shape index (κ1) is 20.2. The highest BCUT2D eigenvalue weighted by Gasteiger charge is 2.16. The molecule has 0 aliphatic carbocycles. The smallest absolute Gasteiger partial charge is 0.251 e. The normalized spacial score (nSPS) is 12.6. The van der Waals surface area contributed by atoms with Crippen molar-refractivity contribution in [1.82, 2.24) is 10.0 Å². The Morgan fingerprint density at radius 3 is 2.58 bits per heavy atom. The summed E-state index contributed by atoms with van der Waals surface area (Å²) in [5, 5.41) is 2.91. The van der Waals surface area contributed by atoms with Crippen LogP contribution in [-0.4, -0.2) is 26.9 Å². The van der Waals surface area contributed by atoms with E-state index < -0.39 is 10.0 Å². The van der Waals surface area contributed by atoms with Crippen LogP contribution in [0.5, 0.6) is 0 Å². The molecule has 0 heterocycles. The molecule has 0 spiro atoms. The molecule has 1 rings (SSSR count). The van der Waals surface area contributed by atoms with E-state index in [4.69, 9.17) is 6.42 Å². The first-order valence-electron chi connectivity index (χ1n) is 8.10. The second-order valence-corrected chi connectivity index (χ2v) is 8.02. The molecular formula is C18H26N2O3S. The van der Waals surface area contributed by atoms with Crippen LogP contribution in [0.1, 0.15) is 50.4 Å². The molecule has 0 saturated carbocycles. The molecule has 24 heavy (non-hydrogen) atoms. The summed E-state index contributed by atoms with van der Waals surface area (Å²) in [5.41, 5.74) is 0.314. The Kier molecular flexibility index (Phi) is 7.96. The molecule has 0 aliphatic heterocycles. The average Bonchev–Trinajstić information content (AvgIpc) is 2.52. The number of sulfonamides is 1. The third-order valence-electron chi connectivity index (χ3n) is 3.57. The van der Waals surface area contributed by atoms with Crippen molar-refractivity contribution >= 4 is 15.9 Å². The summed E-state index contributed by atoms with van der Waals surface area (Å²) in [4.78, 5) is 12.3. The number of carbonyl (C=O) groups is 1. The maximum absolute atomic E-state index is 12.3. The minimum Gasteiger partial charge on any atom is -0.350 e. The van der Waals surface area contributed by atoms with Gasteiger partial charge in [0, 0.05) is 11.6 Å². The molecular weight excluding hydrogens is 324 g/mol. The molecule has 0 saturated heterocycles. The van der Waals surface area contributed by atoms with Crippen LogP contribution in [0, 0.1) is 18.3 Å². The van der Waals surface area contributed by atoms with Gasteiger partial charge in [0.15, 0.2) is 0 Å². The van der Waals surface area contributed by atoms with E-state index in [0.29, 0.717) is 11.5 Å². The summed E-state index contributed by atoms with van der Waals surface area (Å²) < 4.78 is 26.4. The highest BCUT2D eigenvalue weighted by molar-refractivity contribution is 7.89. The zero-order chi connectivity index (χ0) is 18.2. The maximum atomic E-state index is 12.3. The van der Waals surface area contributed by atoms with Gasteiger partial charge in [-0.25, -0.2) is 8.42 Å². The number of hydrogen-bond acceptors (Lipinski definition) is 3. The van der Waals surface area contributed by atoms with E-state index in [1.807, 2.05) is 6.92 Å². The first-order chi connectivity index (χ1) is 11.3. The van der Waals surface area contributed by atoms with E-state index in [2.05, 4.69) is 29.8 Å². The highest BCUT2D eigenvalue weighted by Crippen LogP contribution is 2.13. The predicted molar refractivity (Wildman–Crippen MR) is 96.1 cm³/mol. The van der Waals surface area contributed by atoms with Gasteiger partial charge >= 0.3 is 0 Å². The molecule has 0 fully saturated rings. The number of terminal acetylenes is 1. The van der Waals surface area contributed by atoms with Gasteiger partial charge in [-0.05, 0) is 37.5 Å². The lowest BCUT2D eigenvalue weighted by molar-refractivity contribution is 0.0937. The van der Waals surface area contributed by atoms with Gasteiger partial charge in [0.1, 0.15) is 0 Å². The van der Waals surface area contributed by atoms with Crippen LogP contribution in [0.25, 0.3) is 0 Å². The number of nitrogens with one attached hydrogen (secondary N) is 2. The van der Waals surface area contributed by atoms with Crippen molar-refractivity contribution < 1.29 is 13.2 Å². The van der Waals surface area contributed by atoms with E-state index in [0.717, 1.165) is 19.3 Å². The van der Waals surface area contributed by atoms with Crippen molar-refractivity contribution in [2.75, 3.05) is 6.54 Å². The van der Waals surface area contributed by atoms with Crippen molar-refractivity contribution in [3.05, 3.63) is 29.8 Å². The van der Waals surface area contributed by atoms with Crippen molar-refractivity contribution in [2.45, 2.75) is 51.0 Å². The molecule has 2 N–H and O–H groups in total. The van der Waals surface area contributed by atoms with E-state index in [9.17, 15) is 13.2 Å². The van der Waals surface area contributed by atoms with Crippen molar-refractivity contribution in [3.63, 3.8) is 0 Å². The van der Waals surface area contributed by atoms with Crippen LogP contribution >= 0.6 is 0 Å². The minimum atomic E-state index is -3.70.